The number of hydrogen-bond acceptors (Lipinski definition) is 5. The number of aromatic nitrogens is 4. The molecule has 2 aromatic heterocycles. The molecular weight excluding hydrogens is 322 g/mol. The molecule has 0 atom stereocenters. The third-order valence-corrected chi connectivity index (χ3v) is 4.66. The number of nitrogens with zero attached hydrogens (tertiary/aromatic N) is 5. The highest BCUT2D eigenvalue weighted by atomic mass is 32.1. The van der Waals surface area contributed by atoms with Gasteiger partial charge in [-0.2, -0.15) is 0 Å². The zero-order valence-electron chi connectivity index (χ0n) is 15.0. The number of aliphatic imine (C=N–C) groups is 1. The van der Waals surface area contributed by atoms with Crippen LogP contribution >= 0.6 is 11.3 Å². The Balaban J connectivity index is 1.90. The zero-order valence-corrected chi connectivity index (χ0v) is 15.8. The topological polar surface area (TPSA) is 80.0 Å². The van der Waals surface area contributed by atoms with E-state index in [9.17, 15) is 0 Å². The number of hydrogen-bond donors (Lipinski definition) is 2. The second-order valence-electron chi connectivity index (χ2n) is 5.71. The van der Waals surface area contributed by atoms with Crippen LogP contribution in [-0.4, -0.2) is 38.8 Å². The molecule has 0 aliphatic rings. The van der Waals surface area contributed by atoms with E-state index >= 15 is 0 Å². The molecule has 2 N–H and O–H groups in total. The molecule has 0 saturated heterocycles. The Morgan fingerprint density at radius 2 is 2.04 bits per heavy atom. The van der Waals surface area contributed by atoms with Crippen LogP contribution in [0, 0.1) is 13.8 Å². The molecule has 2 aromatic rings. The molecule has 24 heavy (non-hydrogen) atoms. The maximum Gasteiger partial charge on any atom is 0.191 e. The summed E-state index contributed by atoms with van der Waals surface area (Å²) in [5.41, 5.74) is 0. The monoisotopic (exact) mass is 349 g/mol. The minimum atomic E-state index is 0.509. The third kappa shape index (κ3) is 5.59. The fourth-order valence-electron chi connectivity index (χ4n) is 2.10. The van der Waals surface area contributed by atoms with Gasteiger partial charge >= 0.3 is 0 Å². The maximum absolute atomic E-state index is 4.63. The fraction of sp³-hybridized carbons (Fsp3) is 0.625. The van der Waals surface area contributed by atoms with Gasteiger partial charge in [0.2, 0.25) is 0 Å². The average molecular weight is 350 g/mol. The first kappa shape index (κ1) is 18.4. The SMILES string of the molecule is CCCCNC(=NCc1nnc(C)n1C)NCCc1ncc(C)s1. The standard InChI is InChI=1S/C16H27N7S/c1-5-6-8-17-16(18-9-7-15-19-10-12(2)24-15)20-11-14-22-21-13(3)23(14)4/h10H,5-9,11H2,1-4H3,(H2,17,18,20). The van der Waals surface area contributed by atoms with E-state index in [1.807, 2.05) is 24.7 Å². The van der Waals surface area contributed by atoms with Crippen molar-refractivity contribution >= 4 is 17.3 Å². The van der Waals surface area contributed by atoms with Gasteiger partial charge in [0.25, 0.3) is 0 Å². The van der Waals surface area contributed by atoms with Crippen LogP contribution in [0.4, 0.5) is 0 Å². The first-order valence-electron chi connectivity index (χ1n) is 8.38. The molecule has 8 heteroatoms. The van der Waals surface area contributed by atoms with E-state index in [2.05, 4.69) is 44.7 Å². The van der Waals surface area contributed by atoms with E-state index in [0.29, 0.717) is 6.54 Å². The van der Waals surface area contributed by atoms with Crippen LogP contribution in [0.25, 0.3) is 0 Å². The van der Waals surface area contributed by atoms with Gasteiger partial charge in [-0.15, -0.1) is 21.5 Å². The number of unbranched alkanes of at least 4 members (excludes halogenated alkanes) is 1. The van der Waals surface area contributed by atoms with Gasteiger partial charge in [0.15, 0.2) is 11.8 Å². The predicted octanol–water partition coefficient (Wildman–Crippen LogP) is 1.97. The lowest BCUT2D eigenvalue weighted by molar-refractivity contribution is 0.713. The van der Waals surface area contributed by atoms with E-state index in [4.69, 9.17) is 0 Å². The Labute approximate surface area is 147 Å². The van der Waals surface area contributed by atoms with Crippen LogP contribution in [0.3, 0.4) is 0 Å². The number of nitrogens with one attached hydrogen (secondary N) is 2. The van der Waals surface area contributed by atoms with Crippen LogP contribution < -0.4 is 10.6 Å². The zero-order chi connectivity index (χ0) is 17.4. The lowest BCUT2D eigenvalue weighted by atomic mass is 10.3. The maximum atomic E-state index is 4.63. The van der Waals surface area contributed by atoms with E-state index in [1.54, 1.807) is 11.3 Å². The summed E-state index contributed by atoms with van der Waals surface area (Å²) in [6.45, 7) is 8.43. The number of guanidine groups is 1. The Bertz CT molecular complexity index is 659. The van der Waals surface area contributed by atoms with Crippen LogP contribution in [0.2, 0.25) is 0 Å². The van der Waals surface area contributed by atoms with Gasteiger partial charge in [0.1, 0.15) is 12.4 Å². The van der Waals surface area contributed by atoms with Gasteiger partial charge in [-0.3, -0.25) is 0 Å². The summed E-state index contributed by atoms with van der Waals surface area (Å²) in [4.78, 5) is 10.3. The third-order valence-electron chi connectivity index (χ3n) is 3.68. The highest BCUT2D eigenvalue weighted by Crippen LogP contribution is 2.10. The summed E-state index contributed by atoms with van der Waals surface area (Å²) in [7, 11) is 1.96. The van der Waals surface area contributed by atoms with Crippen LogP contribution in [0.15, 0.2) is 11.2 Å². The molecule has 0 saturated carbocycles. The van der Waals surface area contributed by atoms with Crippen molar-refractivity contribution in [2.24, 2.45) is 12.0 Å². The highest BCUT2D eigenvalue weighted by Gasteiger charge is 2.05. The summed E-state index contributed by atoms with van der Waals surface area (Å²) in [5, 5.41) is 16.1. The molecule has 2 heterocycles. The van der Waals surface area contributed by atoms with Crippen molar-refractivity contribution in [1.29, 1.82) is 0 Å². The van der Waals surface area contributed by atoms with Gasteiger partial charge in [0.05, 0.1) is 5.01 Å². The summed E-state index contributed by atoms with van der Waals surface area (Å²) >= 11 is 1.74. The van der Waals surface area contributed by atoms with Crippen molar-refractivity contribution < 1.29 is 0 Å². The molecule has 0 radical (unpaired) electrons. The molecule has 0 amide bonds. The lowest BCUT2D eigenvalue weighted by Crippen LogP contribution is -2.39. The Hall–Kier alpha value is -1.96. The van der Waals surface area contributed by atoms with E-state index in [1.165, 1.54) is 4.88 Å². The number of rotatable bonds is 8. The molecular formula is C16H27N7S. The molecule has 0 aliphatic carbocycles. The van der Waals surface area contributed by atoms with E-state index in [-0.39, 0.29) is 0 Å². The van der Waals surface area contributed by atoms with Gasteiger partial charge in [-0.25, -0.2) is 9.98 Å². The summed E-state index contributed by atoms with van der Waals surface area (Å²) < 4.78 is 1.96. The predicted molar refractivity (Wildman–Crippen MR) is 98.3 cm³/mol. The first-order valence-corrected chi connectivity index (χ1v) is 9.20. The minimum Gasteiger partial charge on any atom is -0.356 e. The molecule has 0 aromatic carbocycles. The van der Waals surface area contributed by atoms with E-state index < -0.39 is 0 Å². The van der Waals surface area contributed by atoms with Crippen molar-refractivity contribution in [1.82, 2.24) is 30.4 Å². The molecule has 7 nitrogen and oxygen atoms in total. The second-order valence-corrected chi connectivity index (χ2v) is 7.03. The molecule has 132 valence electrons. The Morgan fingerprint density at radius 1 is 1.25 bits per heavy atom. The smallest absolute Gasteiger partial charge is 0.191 e. The second kappa shape index (κ2) is 9.36. The Morgan fingerprint density at radius 3 is 2.67 bits per heavy atom. The normalized spacial score (nSPS) is 11.8. The molecule has 0 spiro atoms. The van der Waals surface area contributed by atoms with Crippen LogP contribution in [-0.2, 0) is 20.0 Å². The van der Waals surface area contributed by atoms with Crippen molar-refractivity contribution in [2.75, 3.05) is 13.1 Å². The van der Waals surface area contributed by atoms with Gasteiger partial charge in [0, 0.05) is 37.6 Å². The molecule has 0 bridgehead atoms. The van der Waals surface area contributed by atoms with Crippen LogP contribution in [0.5, 0.6) is 0 Å². The van der Waals surface area contributed by atoms with Crippen molar-refractivity contribution in [3.05, 3.63) is 27.7 Å². The summed E-state index contributed by atoms with van der Waals surface area (Å²) in [6, 6.07) is 0. The largest absolute Gasteiger partial charge is 0.356 e. The minimum absolute atomic E-state index is 0.509. The van der Waals surface area contributed by atoms with Crippen molar-refractivity contribution in [3.63, 3.8) is 0 Å². The Kier molecular flexibility index (Phi) is 7.17. The average Bonchev–Trinajstić information content (AvgIpc) is 3.12. The highest BCUT2D eigenvalue weighted by molar-refractivity contribution is 7.11. The van der Waals surface area contributed by atoms with Crippen LogP contribution in [0.1, 0.15) is 41.3 Å². The van der Waals surface area contributed by atoms with Gasteiger partial charge in [-0.1, -0.05) is 13.3 Å². The number of thiazole rings is 1. The van der Waals surface area contributed by atoms with Crippen molar-refractivity contribution in [2.45, 2.75) is 46.6 Å². The summed E-state index contributed by atoms with van der Waals surface area (Å²) in [5.74, 6) is 2.57. The number of aryl methyl sites for hydroxylation is 2. The van der Waals surface area contributed by atoms with Gasteiger partial charge < -0.3 is 15.2 Å². The molecule has 0 aliphatic heterocycles. The lowest BCUT2D eigenvalue weighted by Gasteiger charge is -2.11. The first-order chi connectivity index (χ1) is 11.6. The van der Waals surface area contributed by atoms with E-state index in [0.717, 1.165) is 55.0 Å². The molecule has 0 unspecified atom stereocenters. The quantitative estimate of drug-likeness (QED) is 0.433. The van der Waals surface area contributed by atoms with Gasteiger partial charge in [-0.05, 0) is 20.3 Å². The summed E-state index contributed by atoms with van der Waals surface area (Å²) in [6.07, 6.45) is 5.09. The fourth-order valence-corrected chi connectivity index (χ4v) is 2.89. The molecule has 0 fully saturated rings. The molecule has 2 rings (SSSR count). The van der Waals surface area contributed by atoms with Crippen molar-refractivity contribution in [3.8, 4) is 0 Å².